The van der Waals surface area contributed by atoms with E-state index in [1.54, 1.807) is 48.5 Å². The maximum atomic E-state index is 11.3. The van der Waals surface area contributed by atoms with Crippen LogP contribution in [0.3, 0.4) is 0 Å². The standard InChI is InChI=1S/C16H15NO4/c1-20-15(18)11-3-7-13(8-4-11)17-14-9-5-12(6-10-14)16(19)21-2/h3-10,17H,1-2H3. The molecule has 0 saturated carbocycles. The minimum absolute atomic E-state index is 0.371. The normalized spacial score (nSPS) is 9.81. The molecule has 5 nitrogen and oxygen atoms in total. The number of hydrogen-bond donors (Lipinski definition) is 1. The van der Waals surface area contributed by atoms with Gasteiger partial charge in [-0.05, 0) is 48.5 Å². The van der Waals surface area contributed by atoms with Gasteiger partial charge in [0.25, 0.3) is 0 Å². The van der Waals surface area contributed by atoms with E-state index in [0.29, 0.717) is 11.1 Å². The molecule has 0 atom stereocenters. The average molecular weight is 285 g/mol. The third-order valence-electron chi connectivity index (χ3n) is 2.90. The monoisotopic (exact) mass is 285 g/mol. The quantitative estimate of drug-likeness (QED) is 0.875. The van der Waals surface area contributed by atoms with Gasteiger partial charge < -0.3 is 14.8 Å². The van der Waals surface area contributed by atoms with E-state index in [9.17, 15) is 9.59 Å². The number of carbonyl (C=O) groups is 2. The van der Waals surface area contributed by atoms with Crippen LogP contribution in [0.4, 0.5) is 11.4 Å². The Morgan fingerprint density at radius 3 is 1.33 bits per heavy atom. The van der Waals surface area contributed by atoms with E-state index < -0.39 is 0 Å². The van der Waals surface area contributed by atoms with Crippen molar-refractivity contribution in [1.82, 2.24) is 0 Å². The zero-order valence-corrected chi connectivity index (χ0v) is 11.8. The number of rotatable bonds is 4. The van der Waals surface area contributed by atoms with Crippen LogP contribution in [0, 0.1) is 0 Å². The van der Waals surface area contributed by atoms with Crippen LogP contribution in [0.1, 0.15) is 20.7 Å². The molecule has 5 heteroatoms. The Labute approximate surface area is 122 Å². The molecular weight excluding hydrogens is 270 g/mol. The van der Waals surface area contributed by atoms with Gasteiger partial charge in [-0.3, -0.25) is 0 Å². The van der Waals surface area contributed by atoms with E-state index in [1.807, 2.05) is 0 Å². The molecule has 0 aromatic heterocycles. The highest BCUT2D eigenvalue weighted by Gasteiger charge is 2.06. The van der Waals surface area contributed by atoms with Crippen molar-refractivity contribution in [3.8, 4) is 0 Å². The topological polar surface area (TPSA) is 64.6 Å². The van der Waals surface area contributed by atoms with Crippen molar-refractivity contribution in [1.29, 1.82) is 0 Å². The van der Waals surface area contributed by atoms with E-state index in [0.717, 1.165) is 11.4 Å². The number of hydrogen-bond acceptors (Lipinski definition) is 5. The van der Waals surface area contributed by atoms with Crippen LogP contribution in [0.2, 0.25) is 0 Å². The number of ether oxygens (including phenoxy) is 2. The van der Waals surface area contributed by atoms with Crippen LogP contribution in [-0.4, -0.2) is 26.2 Å². The van der Waals surface area contributed by atoms with Gasteiger partial charge in [-0.25, -0.2) is 9.59 Å². The first-order valence-corrected chi connectivity index (χ1v) is 6.28. The summed E-state index contributed by atoms with van der Waals surface area (Å²) in [5.74, 6) is -0.743. The third kappa shape index (κ3) is 3.60. The lowest BCUT2D eigenvalue weighted by Gasteiger charge is -2.08. The van der Waals surface area contributed by atoms with Gasteiger partial charge in [0.15, 0.2) is 0 Å². The molecule has 2 aromatic carbocycles. The van der Waals surface area contributed by atoms with Crippen molar-refractivity contribution in [3.05, 3.63) is 59.7 Å². The summed E-state index contributed by atoms with van der Waals surface area (Å²) in [6.45, 7) is 0. The summed E-state index contributed by atoms with van der Waals surface area (Å²) in [4.78, 5) is 22.7. The predicted molar refractivity (Wildman–Crippen MR) is 78.8 cm³/mol. The molecule has 1 N–H and O–H groups in total. The summed E-state index contributed by atoms with van der Waals surface area (Å²) in [6.07, 6.45) is 0. The fourth-order valence-corrected chi connectivity index (χ4v) is 1.78. The second kappa shape index (κ2) is 6.56. The predicted octanol–water partition coefficient (Wildman–Crippen LogP) is 3.00. The van der Waals surface area contributed by atoms with Gasteiger partial charge in [0.05, 0.1) is 25.3 Å². The minimum Gasteiger partial charge on any atom is -0.465 e. The van der Waals surface area contributed by atoms with Gasteiger partial charge in [-0.2, -0.15) is 0 Å². The second-order valence-corrected chi connectivity index (χ2v) is 4.26. The average Bonchev–Trinajstić information content (AvgIpc) is 2.55. The van der Waals surface area contributed by atoms with E-state index in [-0.39, 0.29) is 11.9 Å². The zero-order chi connectivity index (χ0) is 15.2. The summed E-state index contributed by atoms with van der Waals surface area (Å²) >= 11 is 0. The van der Waals surface area contributed by atoms with Crippen molar-refractivity contribution >= 4 is 23.3 Å². The Balaban J connectivity index is 2.08. The summed E-state index contributed by atoms with van der Waals surface area (Å²) in [5.41, 5.74) is 2.63. The molecule has 0 fully saturated rings. The Hall–Kier alpha value is -2.82. The highest BCUT2D eigenvalue weighted by molar-refractivity contribution is 5.90. The molecule has 0 aliphatic rings. The van der Waals surface area contributed by atoms with Gasteiger partial charge in [0.2, 0.25) is 0 Å². The number of nitrogens with one attached hydrogen (secondary N) is 1. The van der Waals surface area contributed by atoms with Crippen molar-refractivity contribution in [2.45, 2.75) is 0 Å². The van der Waals surface area contributed by atoms with Gasteiger partial charge in [0, 0.05) is 11.4 Å². The van der Waals surface area contributed by atoms with Gasteiger partial charge in [-0.15, -0.1) is 0 Å². The Morgan fingerprint density at radius 1 is 0.714 bits per heavy atom. The molecule has 0 saturated heterocycles. The molecule has 0 unspecified atom stereocenters. The van der Waals surface area contributed by atoms with Crippen LogP contribution < -0.4 is 5.32 Å². The second-order valence-electron chi connectivity index (χ2n) is 4.26. The van der Waals surface area contributed by atoms with E-state index in [2.05, 4.69) is 14.8 Å². The lowest BCUT2D eigenvalue weighted by atomic mass is 10.2. The van der Waals surface area contributed by atoms with Crippen molar-refractivity contribution in [2.24, 2.45) is 0 Å². The molecule has 0 aliphatic heterocycles. The van der Waals surface area contributed by atoms with Gasteiger partial charge in [-0.1, -0.05) is 0 Å². The van der Waals surface area contributed by atoms with E-state index >= 15 is 0 Å². The molecule has 2 rings (SSSR count). The van der Waals surface area contributed by atoms with Gasteiger partial charge in [0.1, 0.15) is 0 Å². The van der Waals surface area contributed by atoms with E-state index in [4.69, 9.17) is 0 Å². The van der Waals surface area contributed by atoms with Crippen LogP contribution in [0.25, 0.3) is 0 Å². The molecule has 108 valence electrons. The fourth-order valence-electron chi connectivity index (χ4n) is 1.78. The molecule has 21 heavy (non-hydrogen) atoms. The molecule has 0 radical (unpaired) electrons. The zero-order valence-electron chi connectivity index (χ0n) is 11.8. The Bertz CT molecular complexity index is 575. The Kier molecular flexibility index (Phi) is 4.56. The number of benzene rings is 2. The SMILES string of the molecule is COC(=O)c1ccc(Nc2ccc(C(=O)OC)cc2)cc1. The Morgan fingerprint density at radius 2 is 1.05 bits per heavy atom. The number of anilines is 2. The maximum absolute atomic E-state index is 11.3. The van der Waals surface area contributed by atoms with Gasteiger partial charge >= 0.3 is 11.9 Å². The van der Waals surface area contributed by atoms with Crippen LogP contribution >= 0.6 is 0 Å². The first-order chi connectivity index (χ1) is 10.1. The number of esters is 2. The lowest BCUT2D eigenvalue weighted by molar-refractivity contribution is 0.0592. The third-order valence-corrected chi connectivity index (χ3v) is 2.90. The summed E-state index contributed by atoms with van der Waals surface area (Å²) in [5, 5.41) is 3.17. The number of carbonyl (C=O) groups excluding carboxylic acids is 2. The minimum atomic E-state index is -0.371. The summed E-state index contributed by atoms with van der Waals surface area (Å²) in [6, 6.07) is 13.8. The molecule has 2 aromatic rings. The van der Waals surface area contributed by atoms with Crippen LogP contribution in [-0.2, 0) is 9.47 Å². The first kappa shape index (κ1) is 14.6. The molecule has 0 amide bonds. The molecule has 0 heterocycles. The maximum Gasteiger partial charge on any atom is 0.337 e. The fraction of sp³-hybridized carbons (Fsp3) is 0.125. The largest absolute Gasteiger partial charge is 0.465 e. The van der Waals surface area contributed by atoms with Crippen LogP contribution in [0.5, 0.6) is 0 Å². The highest BCUT2D eigenvalue weighted by atomic mass is 16.5. The van der Waals surface area contributed by atoms with E-state index in [1.165, 1.54) is 14.2 Å². The molecular formula is C16H15NO4. The van der Waals surface area contributed by atoms with Crippen molar-refractivity contribution in [3.63, 3.8) is 0 Å². The smallest absolute Gasteiger partial charge is 0.337 e. The molecule has 0 bridgehead atoms. The first-order valence-electron chi connectivity index (χ1n) is 6.28. The van der Waals surface area contributed by atoms with Crippen molar-refractivity contribution in [2.75, 3.05) is 19.5 Å². The number of methoxy groups -OCH3 is 2. The summed E-state index contributed by atoms with van der Waals surface area (Å²) < 4.78 is 9.27. The van der Waals surface area contributed by atoms with Crippen LogP contribution in [0.15, 0.2) is 48.5 Å². The molecule has 0 spiro atoms. The highest BCUT2D eigenvalue weighted by Crippen LogP contribution is 2.18. The molecule has 0 aliphatic carbocycles. The summed E-state index contributed by atoms with van der Waals surface area (Å²) in [7, 11) is 2.69. The van der Waals surface area contributed by atoms with Crippen molar-refractivity contribution < 1.29 is 19.1 Å². The lowest BCUT2D eigenvalue weighted by Crippen LogP contribution is -2.02.